The van der Waals surface area contributed by atoms with Gasteiger partial charge in [-0.2, -0.15) is 0 Å². The third-order valence-electron chi connectivity index (χ3n) is 3.13. The van der Waals surface area contributed by atoms with E-state index in [4.69, 9.17) is 21.4 Å². The molecular weight excluding hydrogens is 304 g/mol. The van der Waals surface area contributed by atoms with E-state index in [1.165, 1.54) is 12.1 Å². The molecule has 0 bridgehead atoms. The van der Waals surface area contributed by atoms with Crippen LogP contribution in [0, 0.1) is 16.0 Å². The summed E-state index contributed by atoms with van der Waals surface area (Å²) in [4.78, 5) is 33.4. The molecular formula is C12H11ClN2O6. The number of nitrogens with one attached hydrogen (secondary N) is 1. The van der Waals surface area contributed by atoms with Crippen LogP contribution in [-0.4, -0.2) is 41.2 Å². The molecule has 2 rings (SSSR count). The van der Waals surface area contributed by atoms with Gasteiger partial charge in [0.25, 0.3) is 11.6 Å². The van der Waals surface area contributed by atoms with Gasteiger partial charge >= 0.3 is 5.97 Å². The lowest BCUT2D eigenvalue weighted by atomic mass is 10.0. The highest BCUT2D eigenvalue weighted by Gasteiger charge is 2.36. The third kappa shape index (κ3) is 3.11. The molecule has 1 aliphatic heterocycles. The van der Waals surface area contributed by atoms with Crippen LogP contribution in [0.15, 0.2) is 18.2 Å². The van der Waals surface area contributed by atoms with Gasteiger partial charge in [0.05, 0.1) is 29.2 Å². The van der Waals surface area contributed by atoms with E-state index in [1.807, 2.05) is 0 Å². The van der Waals surface area contributed by atoms with Crippen molar-refractivity contribution in [3.63, 3.8) is 0 Å². The lowest BCUT2D eigenvalue weighted by Crippen LogP contribution is -2.42. The van der Waals surface area contributed by atoms with Crippen LogP contribution in [0.3, 0.4) is 0 Å². The maximum Gasteiger partial charge on any atom is 0.311 e. The zero-order chi connectivity index (χ0) is 15.6. The molecule has 2 atom stereocenters. The highest BCUT2D eigenvalue weighted by atomic mass is 35.5. The fourth-order valence-electron chi connectivity index (χ4n) is 2.07. The van der Waals surface area contributed by atoms with E-state index < -0.39 is 34.4 Å². The van der Waals surface area contributed by atoms with Crippen molar-refractivity contribution < 1.29 is 24.4 Å². The number of carboxylic acids is 1. The molecule has 1 aromatic rings. The quantitative estimate of drug-likeness (QED) is 0.634. The number of carbonyl (C=O) groups excluding carboxylic acids is 1. The number of benzene rings is 1. The number of carbonyl (C=O) groups is 2. The molecule has 1 saturated heterocycles. The minimum absolute atomic E-state index is 0.0229. The molecule has 2 N–H and O–H groups in total. The van der Waals surface area contributed by atoms with E-state index in [9.17, 15) is 19.7 Å². The number of carboxylic acid groups (broad SMARTS) is 1. The molecule has 1 aromatic carbocycles. The molecule has 0 aliphatic carbocycles. The van der Waals surface area contributed by atoms with Crippen LogP contribution < -0.4 is 5.32 Å². The van der Waals surface area contributed by atoms with Crippen LogP contribution in [0.2, 0.25) is 5.02 Å². The number of hydrogen-bond donors (Lipinski definition) is 2. The second kappa shape index (κ2) is 6.06. The van der Waals surface area contributed by atoms with Crippen LogP contribution in [-0.2, 0) is 9.53 Å². The summed E-state index contributed by atoms with van der Waals surface area (Å²) < 4.78 is 5.01. The molecule has 1 aliphatic rings. The molecule has 21 heavy (non-hydrogen) atoms. The Morgan fingerprint density at radius 2 is 2.14 bits per heavy atom. The Labute approximate surface area is 123 Å². The second-order valence-corrected chi connectivity index (χ2v) is 4.86. The summed E-state index contributed by atoms with van der Waals surface area (Å²) in [6.07, 6.45) is 0. The summed E-state index contributed by atoms with van der Waals surface area (Å²) in [6.45, 7) is 0.00581. The summed E-state index contributed by atoms with van der Waals surface area (Å²) in [6, 6.07) is 3.10. The summed E-state index contributed by atoms with van der Waals surface area (Å²) in [5.41, 5.74) is -0.731. The Bertz CT molecular complexity index is 605. The minimum Gasteiger partial charge on any atom is -0.481 e. The van der Waals surface area contributed by atoms with Gasteiger partial charge in [-0.05, 0) is 6.07 Å². The predicted octanol–water partition coefficient (Wildman–Crippen LogP) is 1.08. The van der Waals surface area contributed by atoms with Crippen LogP contribution in [0.4, 0.5) is 5.69 Å². The Morgan fingerprint density at radius 3 is 2.76 bits per heavy atom. The fourth-order valence-corrected chi connectivity index (χ4v) is 2.33. The van der Waals surface area contributed by atoms with Gasteiger partial charge in [-0.3, -0.25) is 19.7 Å². The first kappa shape index (κ1) is 15.2. The maximum absolute atomic E-state index is 12.2. The third-order valence-corrected chi connectivity index (χ3v) is 3.44. The first-order valence-electron chi connectivity index (χ1n) is 5.96. The average molecular weight is 315 g/mol. The van der Waals surface area contributed by atoms with Crippen molar-refractivity contribution >= 4 is 29.2 Å². The van der Waals surface area contributed by atoms with Crippen LogP contribution in [0.5, 0.6) is 0 Å². The zero-order valence-electron chi connectivity index (χ0n) is 10.6. The summed E-state index contributed by atoms with van der Waals surface area (Å²) in [7, 11) is 0. The summed E-state index contributed by atoms with van der Waals surface area (Å²) >= 11 is 5.84. The van der Waals surface area contributed by atoms with E-state index in [2.05, 4.69) is 5.32 Å². The number of aliphatic carboxylic acids is 1. The Balaban J connectivity index is 2.25. The predicted molar refractivity (Wildman–Crippen MR) is 71.3 cm³/mol. The van der Waals surface area contributed by atoms with Gasteiger partial charge in [-0.1, -0.05) is 17.7 Å². The normalized spacial score (nSPS) is 21.0. The molecule has 0 aromatic heterocycles. The van der Waals surface area contributed by atoms with Gasteiger partial charge in [0.1, 0.15) is 11.5 Å². The minimum atomic E-state index is -1.11. The Kier molecular flexibility index (Phi) is 4.39. The summed E-state index contributed by atoms with van der Waals surface area (Å²) in [5, 5.41) is 22.3. The lowest BCUT2D eigenvalue weighted by molar-refractivity contribution is -0.385. The van der Waals surface area contributed by atoms with Gasteiger partial charge in [-0.15, -0.1) is 0 Å². The van der Waals surface area contributed by atoms with Gasteiger partial charge in [0, 0.05) is 6.07 Å². The number of hydrogen-bond acceptors (Lipinski definition) is 5. The molecule has 112 valence electrons. The molecule has 9 heteroatoms. The van der Waals surface area contributed by atoms with Gasteiger partial charge < -0.3 is 15.2 Å². The van der Waals surface area contributed by atoms with Crippen LogP contribution in [0.25, 0.3) is 0 Å². The van der Waals surface area contributed by atoms with Crippen LogP contribution >= 0.6 is 11.6 Å². The Hall–Kier alpha value is -2.19. The maximum atomic E-state index is 12.2. The van der Waals surface area contributed by atoms with Gasteiger partial charge in [0.15, 0.2) is 0 Å². The summed E-state index contributed by atoms with van der Waals surface area (Å²) in [5.74, 6) is -2.80. The van der Waals surface area contributed by atoms with Crippen molar-refractivity contribution in [2.45, 2.75) is 6.04 Å². The SMILES string of the molecule is O=C(NC1COCC1C(=O)O)c1c(Cl)cccc1[N+](=O)[O-]. The van der Waals surface area contributed by atoms with E-state index >= 15 is 0 Å². The molecule has 0 spiro atoms. The van der Waals surface area contributed by atoms with Gasteiger partial charge in [-0.25, -0.2) is 0 Å². The first-order chi connectivity index (χ1) is 9.91. The molecule has 0 radical (unpaired) electrons. The van der Waals surface area contributed by atoms with E-state index in [-0.39, 0.29) is 23.8 Å². The van der Waals surface area contributed by atoms with Gasteiger partial charge in [0.2, 0.25) is 0 Å². The topological polar surface area (TPSA) is 119 Å². The highest BCUT2D eigenvalue weighted by molar-refractivity contribution is 6.34. The molecule has 1 fully saturated rings. The van der Waals surface area contributed by atoms with E-state index in [0.717, 1.165) is 6.07 Å². The number of nitro benzene ring substituents is 1. The largest absolute Gasteiger partial charge is 0.481 e. The molecule has 8 nitrogen and oxygen atoms in total. The fraction of sp³-hybridized carbons (Fsp3) is 0.333. The standard InChI is InChI=1S/C12H11ClN2O6/c13-7-2-1-3-9(15(19)20)10(7)11(16)14-8-5-21-4-6(8)12(17)18/h1-3,6,8H,4-5H2,(H,14,16)(H,17,18). The molecule has 1 amide bonds. The average Bonchev–Trinajstić information content (AvgIpc) is 2.86. The second-order valence-electron chi connectivity index (χ2n) is 4.45. The number of amides is 1. The number of halogens is 1. The van der Waals surface area contributed by atoms with Crippen LogP contribution in [0.1, 0.15) is 10.4 Å². The molecule has 2 unspecified atom stereocenters. The highest BCUT2D eigenvalue weighted by Crippen LogP contribution is 2.26. The molecule has 1 heterocycles. The van der Waals surface area contributed by atoms with Crippen molar-refractivity contribution in [3.8, 4) is 0 Å². The number of nitro groups is 1. The van der Waals surface area contributed by atoms with Crippen molar-refractivity contribution in [2.75, 3.05) is 13.2 Å². The van der Waals surface area contributed by atoms with E-state index in [0.29, 0.717) is 0 Å². The van der Waals surface area contributed by atoms with Crippen molar-refractivity contribution in [2.24, 2.45) is 5.92 Å². The zero-order valence-corrected chi connectivity index (χ0v) is 11.4. The first-order valence-corrected chi connectivity index (χ1v) is 6.34. The van der Waals surface area contributed by atoms with E-state index in [1.54, 1.807) is 0 Å². The number of rotatable bonds is 4. The number of ether oxygens (including phenoxy) is 1. The Morgan fingerprint density at radius 1 is 1.43 bits per heavy atom. The van der Waals surface area contributed by atoms with Crippen molar-refractivity contribution in [1.82, 2.24) is 5.32 Å². The lowest BCUT2D eigenvalue weighted by Gasteiger charge is -2.16. The number of nitrogens with zero attached hydrogens (tertiary/aromatic N) is 1. The smallest absolute Gasteiger partial charge is 0.311 e. The monoisotopic (exact) mass is 314 g/mol. The molecule has 0 saturated carbocycles. The van der Waals surface area contributed by atoms with Crippen molar-refractivity contribution in [1.29, 1.82) is 0 Å². The van der Waals surface area contributed by atoms with Crippen molar-refractivity contribution in [3.05, 3.63) is 38.9 Å².